The number of hydrogen-bond acceptors (Lipinski definition) is 3. The Labute approximate surface area is 127 Å². The smallest absolute Gasteiger partial charge is 0.215 e. The molecule has 3 rings (SSSR count). The summed E-state index contributed by atoms with van der Waals surface area (Å²) >= 11 is 0. The van der Waals surface area contributed by atoms with Crippen LogP contribution in [0.25, 0.3) is 0 Å². The topological polar surface area (TPSA) is 58.2 Å². The number of rotatable bonds is 6. The van der Waals surface area contributed by atoms with Crippen molar-refractivity contribution >= 4 is 10.0 Å². The average molecular weight is 308 g/mol. The van der Waals surface area contributed by atoms with Gasteiger partial charge in [-0.25, -0.2) is 13.1 Å². The van der Waals surface area contributed by atoms with Gasteiger partial charge in [0.25, 0.3) is 0 Å². The van der Waals surface area contributed by atoms with Crippen molar-refractivity contribution in [3.8, 4) is 0 Å². The second-order valence-corrected chi connectivity index (χ2v) is 8.37. The Kier molecular flexibility index (Phi) is 4.33. The molecule has 1 aromatic rings. The summed E-state index contributed by atoms with van der Waals surface area (Å²) in [6.45, 7) is 0.882. The second kappa shape index (κ2) is 6.07. The van der Waals surface area contributed by atoms with Crippen molar-refractivity contribution in [3.05, 3.63) is 35.4 Å². The highest BCUT2D eigenvalue weighted by molar-refractivity contribution is 7.88. The lowest BCUT2D eigenvalue weighted by atomic mass is 9.95. The summed E-state index contributed by atoms with van der Waals surface area (Å²) in [5.41, 5.74) is 2.05. The lowest BCUT2D eigenvalue weighted by Gasteiger charge is -2.23. The van der Waals surface area contributed by atoms with E-state index >= 15 is 0 Å². The van der Waals surface area contributed by atoms with Crippen LogP contribution >= 0.6 is 0 Å². The highest BCUT2D eigenvalue weighted by Gasteiger charge is 2.38. The zero-order valence-corrected chi connectivity index (χ0v) is 13.3. The lowest BCUT2D eigenvalue weighted by Crippen LogP contribution is -2.33. The van der Waals surface area contributed by atoms with Crippen molar-refractivity contribution < 1.29 is 8.42 Å². The van der Waals surface area contributed by atoms with Crippen LogP contribution in [0, 0.1) is 11.8 Å². The highest BCUT2D eigenvalue weighted by Crippen LogP contribution is 2.44. The Balaban J connectivity index is 1.53. The van der Waals surface area contributed by atoms with Gasteiger partial charge >= 0.3 is 0 Å². The van der Waals surface area contributed by atoms with Gasteiger partial charge in [0.2, 0.25) is 10.0 Å². The molecule has 2 aliphatic rings. The lowest BCUT2D eigenvalue weighted by molar-refractivity contribution is 0.351. The molecule has 0 aliphatic heterocycles. The third kappa shape index (κ3) is 3.65. The maximum absolute atomic E-state index is 11.5. The van der Waals surface area contributed by atoms with Crippen LogP contribution in [-0.2, 0) is 22.3 Å². The fourth-order valence-corrected chi connectivity index (χ4v) is 4.56. The molecule has 21 heavy (non-hydrogen) atoms. The number of hydrogen-bond donors (Lipinski definition) is 2. The molecule has 0 saturated heterocycles. The molecule has 0 aromatic heterocycles. The van der Waals surface area contributed by atoms with Crippen LogP contribution in [0.1, 0.15) is 36.8 Å². The molecule has 2 fully saturated rings. The fourth-order valence-electron chi connectivity index (χ4n) is 3.79. The van der Waals surface area contributed by atoms with E-state index in [1.54, 1.807) is 0 Å². The van der Waals surface area contributed by atoms with Gasteiger partial charge < -0.3 is 5.32 Å². The molecule has 1 aromatic carbocycles. The first kappa shape index (κ1) is 15.0. The number of fused-ring (bicyclic) bond motifs is 2. The summed E-state index contributed by atoms with van der Waals surface area (Å²) in [6, 6.07) is 8.56. The van der Waals surface area contributed by atoms with Crippen LogP contribution in [0.3, 0.4) is 0 Å². The highest BCUT2D eigenvalue weighted by atomic mass is 32.2. The molecular formula is C16H24N2O2S. The first-order chi connectivity index (χ1) is 10.1. The zero-order chi connectivity index (χ0) is 14.9. The van der Waals surface area contributed by atoms with Gasteiger partial charge in [-0.15, -0.1) is 0 Å². The summed E-state index contributed by atoms with van der Waals surface area (Å²) in [5, 5.41) is 3.68. The Morgan fingerprint density at radius 1 is 1.10 bits per heavy atom. The minimum atomic E-state index is -3.18. The summed E-state index contributed by atoms with van der Waals surface area (Å²) in [6.07, 6.45) is 5.57. The van der Waals surface area contributed by atoms with Crippen molar-refractivity contribution in [1.29, 1.82) is 0 Å². The van der Waals surface area contributed by atoms with Crippen LogP contribution in [-0.4, -0.2) is 21.5 Å². The van der Waals surface area contributed by atoms with Crippen LogP contribution in [0.5, 0.6) is 0 Å². The molecule has 0 spiro atoms. The molecular weight excluding hydrogens is 284 g/mol. The Bertz CT molecular complexity index is 583. The molecule has 0 heterocycles. The van der Waals surface area contributed by atoms with E-state index < -0.39 is 10.0 Å². The van der Waals surface area contributed by atoms with Gasteiger partial charge in [0.15, 0.2) is 0 Å². The SMILES string of the molecule is CNS(=O)(=O)Cc1ccc(CN[C@H]2C[C@H]3CC[C@H]2C3)cc1. The maximum atomic E-state index is 11.5. The third-order valence-corrected chi connectivity index (χ3v) is 6.33. The second-order valence-electron chi connectivity index (χ2n) is 6.44. The van der Waals surface area contributed by atoms with Gasteiger partial charge in [0.05, 0.1) is 5.75 Å². The monoisotopic (exact) mass is 308 g/mol. The van der Waals surface area contributed by atoms with Gasteiger partial charge in [0.1, 0.15) is 0 Å². The van der Waals surface area contributed by atoms with E-state index in [0.29, 0.717) is 6.04 Å². The van der Waals surface area contributed by atoms with E-state index in [1.165, 1.54) is 38.3 Å². The molecule has 2 saturated carbocycles. The van der Waals surface area contributed by atoms with Gasteiger partial charge in [-0.1, -0.05) is 30.7 Å². The van der Waals surface area contributed by atoms with Crippen LogP contribution in [0.15, 0.2) is 24.3 Å². The van der Waals surface area contributed by atoms with Crippen molar-refractivity contribution in [2.24, 2.45) is 11.8 Å². The summed E-state index contributed by atoms with van der Waals surface area (Å²) < 4.78 is 25.3. The van der Waals surface area contributed by atoms with Crippen molar-refractivity contribution in [2.75, 3.05) is 7.05 Å². The molecule has 3 atom stereocenters. The van der Waals surface area contributed by atoms with E-state index in [2.05, 4.69) is 10.0 Å². The third-order valence-electron chi connectivity index (χ3n) is 5.00. The summed E-state index contributed by atoms with van der Waals surface area (Å²) in [7, 11) is -1.73. The molecule has 2 N–H and O–H groups in total. The molecule has 116 valence electrons. The maximum Gasteiger partial charge on any atom is 0.215 e. The largest absolute Gasteiger partial charge is 0.310 e. The minimum absolute atomic E-state index is 0.0452. The number of nitrogens with one attached hydrogen (secondary N) is 2. The molecule has 0 unspecified atom stereocenters. The Morgan fingerprint density at radius 3 is 2.38 bits per heavy atom. The van der Waals surface area contributed by atoms with Crippen molar-refractivity contribution in [2.45, 2.75) is 44.0 Å². The van der Waals surface area contributed by atoms with Crippen LogP contribution in [0.2, 0.25) is 0 Å². The summed E-state index contributed by atoms with van der Waals surface area (Å²) in [4.78, 5) is 0. The normalized spacial score (nSPS) is 28.1. The Hall–Kier alpha value is -0.910. The Morgan fingerprint density at radius 2 is 1.81 bits per heavy atom. The van der Waals surface area contributed by atoms with Gasteiger partial charge in [0, 0.05) is 12.6 Å². The van der Waals surface area contributed by atoms with Gasteiger partial charge in [-0.2, -0.15) is 0 Å². The predicted octanol–water partition coefficient (Wildman–Crippen LogP) is 2.01. The fraction of sp³-hybridized carbons (Fsp3) is 0.625. The predicted molar refractivity (Wildman–Crippen MR) is 84.2 cm³/mol. The van der Waals surface area contributed by atoms with Crippen LogP contribution < -0.4 is 10.0 Å². The number of sulfonamides is 1. The van der Waals surface area contributed by atoms with E-state index in [0.717, 1.165) is 23.9 Å². The standard InChI is InChI=1S/C16H24N2O2S/c1-17-21(19,20)11-13-4-2-12(3-5-13)10-18-16-9-14-6-7-15(16)8-14/h2-5,14-18H,6-11H2,1H3/t14-,15-,16-/m0/s1. The van der Waals surface area contributed by atoms with E-state index in [4.69, 9.17) is 0 Å². The first-order valence-corrected chi connectivity index (χ1v) is 9.43. The van der Waals surface area contributed by atoms with Crippen LogP contribution in [0.4, 0.5) is 0 Å². The van der Waals surface area contributed by atoms with E-state index in [1.807, 2.05) is 24.3 Å². The number of benzene rings is 1. The van der Waals surface area contributed by atoms with Gasteiger partial charge in [-0.05, 0) is 49.3 Å². The minimum Gasteiger partial charge on any atom is -0.310 e. The average Bonchev–Trinajstić information content (AvgIpc) is 3.09. The zero-order valence-electron chi connectivity index (χ0n) is 12.5. The molecule has 0 radical (unpaired) electrons. The quantitative estimate of drug-likeness (QED) is 0.845. The molecule has 5 heteroatoms. The van der Waals surface area contributed by atoms with Crippen molar-refractivity contribution in [3.63, 3.8) is 0 Å². The molecule has 0 amide bonds. The van der Waals surface area contributed by atoms with Crippen molar-refractivity contribution in [1.82, 2.24) is 10.0 Å². The van der Waals surface area contributed by atoms with E-state index in [-0.39, 0.29) is 5.75 Å². The van der Waals surface area contributed by atoms with E-state index in [9.17, 15) is 8.42 Å². The molecule has 2 aliphatic carbocycles. The summed E-state index contributed by atoms with van der Waals surface area (Å²) in [5.74, 6) is 1.89. The first-order valence-electron chi connectivity index (χ1n) is 7.78. The molecule has 2 bridgehead atoms. The van der Waals surface area contributed by atoms with Gasteiger partial charge in [-0.3, -0.25) is 0 Å². The molecule has 4 nitrogen and oxygen atoms in total.